The molecule has 2 N–H and O–H groups in total. The van der Waals surface area contributed by atoms with E-state index in [-0.39, 0.29) is 29.7 Å². The normalized spacial score (nSPS) is 15.6. The van der Waals surface area contributed by atoms with Gasteiger partial charge in [0, 0.05) is 47.4 Å². The SMILES string of the molecule is COCCOCc1cnc(Cl)nc1Oc1ccc2c(ccc3sc4c(c32)NC[C@H](C)NC4=O)n1. The van der Waals surface area contributed by atoms with Crippen LogP contribution in [0, 0.1) is 0 Å². The molecule has 1 aliphatic heterocycles. The summed E-state index contributed by atoms with van der Waals surface area (Å²) >= 11 is 7.47. The number of anilines is 1. The Morgan fingerprint density at radius 3 is 2.94 bits per heavy atom. The van der Waals surface area contributed by atoms with E-state index >= 15 is 0 Å². The summed E-state index contributed by atoms with van der Waals surface area (Å²) in [6.07, 6.45) is 1.57. The van der Waals surface area contributed by atoms with Crippen molar-refractivity contribution in [1.29, 1.82) is 0 Å². The maximum atomic E-state index is 12.6. The van der Waals surface area contributed by atoms with Crippen molar-refractivity contribution in [1.82, 2.24) is 20.3 Å². The molecule has 1 amide bonds. The molecule has 1 atom stereocenters. The molecule has 176 valence electrons. The third-order valence-electron chi connectivity index (χ3n) is 5.35. The van der Waals surface area contributed by atoms with Gasteiger partial charge in [0.25, 0.3) is 5.91 Å². The van der Waals surface area contributed by atoms with Crippen LogP contribution in [0.5, 0.6) is 11.8 Å². The van der Waals surface area contributed by atoms with E-state index in [4.69, 9.17) is 25.8 Å². The number of fused-ring (bicyclic) bond motifs is 5. The highest BCUT2D eigenvalue weighted by Crippen LogP contribution is 2.41. The summed E-state index contributed by atoms with van der Waals surface area (Å²) in [5, 5.41) is 8.42. The summed E-state index contributed by atoms with van der Waals surface area (Å²) in [4.78, 5) is 26.2. The molecule has 0 aliphatic carbocycles. The summed E-state index contributed by atoms with van der Waals surface area (Å²) in [5.74, 6) is 0.582. The zero-order chi connectivity index (χ0) is 23.7. The minimum atomic E-state index is -0.0596. The lowest BCUT2D eigenvalue weighted by Gasteiger charge is -2.11. The quantitative estimate of drug-likeness (QED) is 0.285. The number of halogens is 1. The summed E-state index contributed by atoms with van der Waals surface area (Å²) in [5.41, 5.74) is 2.23. The molecule has 0 saturated carbocycles. The van der Waals surface area contributed by atoms with E-state index in [0.29, 0.717) is 36.1 Å². The molecule has 1 aliphatic rings. The molecule has 9 nitrogen and oxygen atoms in total. The van der Waals surface area contributed by atoms with E-state index in [2.05, 4.69) is 25.6 Å². The van der Waals surface area contributed by atoms with Gasteiger partial charge >= 0.3 is 0 Å². The molecule has 4 heterocycles. The number of carbonyl (C=O) groups is 1. The van der Waals surface area contributed by atoms with E-state index in [9.17, 15) is 4.79 Å². The van der Waals surface area contributed by atoms with Crippen molar-refractivity contribution >= 4 is 55.5 Å². The van der Waals surface area contributed by atoms with Crippen LogP contribution in [0.1, 0.15) is 22.2 Å². The van der Waals surface area contributed by atoms with Crippen LogP contribution in [-0.2, 0) is 16.1 Å². The Labute approximate surface area is 204 Å². The number of nitrogens with one attached hydrogen (secondary N) is 2. The Balaban J connectivity index is 1.48. The molecule has 4 aromatic rings. The molecule has 0 spiro atoms. The Bertz CT molecular complexity index is 1380. The molecule has 1 aromatic carbocycles. The Morgan fingerprint density at radius 2 is 2.09 bits per heavy atom. The fourth-order valence-electron chi connectivity index (χ4n) is 3.75. The molecular formula is C23H22ClN5O4S. The second kappa shape index (κ2) is 9.67. The van der Waals surface area contributed by atoms with Gasteiger partial charge < -0.3 is 24.8 Å². The smallest absolute Gasteiger partial charge is 0.263 e. The van der Waals surface area contributed by atoms with Gasteiger partial charge in [-0.2, -0.15) is 4.98 Å². The van der Waals surface area contributed by atoms with Crippen molar-refractivity contribution in [2.24, 2.45) is 0 Å². The first kappa shape index (κ1) is 22.7. The number of carbonyl (C=O) groups excluding carboxylic acids is 1. The molecule has 11 heteroatoms. The van der Waals surface area contributed by atoms with Crippen LogP contribution in [0.25, 0.3) is 21.0 Å². The highest BCUT2D eigenvalue weighted by atomic mass is 35.5. The zero-order valence-electron chi connectivity index (χ0n) is 18.6. The van der Waals surface area contributed by atoms with Crippen LogP contribution in [0.15, 0.2) is 30.5 Å². The Hall–Kier alpha value is -3.05. The van der Waals surface area contributed by atoms with Gasteiger partial charge in [0.15, 0.2) is 0 Å². The molecule has 0 saturated heterocycles. The lowest BCUT2D eigenvalue weighted by Crippen LogP contribution is -2.34. The van der Waals surface area contributed by atoms with Gasteiger partial charge in [0.05, 0.1) is 36.6 Å². The number of nitrogens with zero attached hydrogens (tertiary/aromatic N) is 3. The number of pyridine rings is 1. The van der Waals surface area contributed by atoms with Gasteiger partial charge in [0.2, 0.25) is 17.0 Å². The van der Waals surface area contributed by atoms with Gasteiger partial charge in [0.1, 0.15) is 4.88 Å². The van der Waals surface area contributed by atoms with E-state index < -0.39 is 0 Å². The molecule has 0 fully saturated rings. The topological polar surface area (TPSA) is 107 Å². The number of rotatable bonds is 7. The summed E-state index contributed by atoms with van der Waals surface area (Å²) < 4.78 is 17.6. The van der Waals surface area contributed by atoms with E-state index in [1.54, 1.807) is 19.4 Å². The van der Waals surface area contributed by atoms with Crippen LogP contribution in [0.2, 0.25) is 5.28 Å². The number of ether oxygens (including phenoxy) is 3. The molecule has 0 radical (unpaired) electrons. The van der Waals surface area contributed by atoms with Crippen molar-refractivity contribution in [3.63, 3.8) is 0 Å². The lowest BCUT2D eigenvalue weighted by atomic mass is 10.1. The van der Waals surface area contributed by atoms with Gasteiger partial charge in [-0.05, 0) is 36.7 Å². The maximum Gasteiger partial charge on any atom is 0.263 e. The molecule has 34 heavy (non-hydrogen) atoms. The first-order valence-corrected chi connectivity index (χ1v) is 11.9. The number of amides is 1. The summed E-state index contributed by atoms with van der Waals surface area (Å²) in [6, 6.07) is 7.66. The molecule has 5 rings (SSSR count). The highest BCUT2D eigenvalue weighted by Gasteiger charge is 2.25. The Kier molecular flexibility index (Phi) is 6.46. The largest absolute Gasteiger partial charge is 0.420 e. The summed E-state index contributed by atoms with van der Waals surface area (Å²) in [7, 11) is 1.61. The van der Waals surface area contributed by atoms with E-state index in [1.807, 2.05) is 25.1 Å². The van der Waals surface area contributed by atoms with Crippen LogP contribution >= 0.6 is 22.9 Å². The van der Waals surface area contributed by atoms with Crippen molar-refractivity contribution < 1.29 is 19.0 Å². The monoisotopic (exact) mass is 499 g/mol. The molecule has 0 bridgehead atoms. The number of benzene rings is 1. The third kappa shape index (κ3) is 4.49. The minimum absolute atomic E-state index is 0.0441. The number of aromatic nitrogens is 3. The predicted octanol–water partition coefficient (Wildman–Crippen LogP) is 4.39. The molecule has 0 unspecified atom stereocenters. The van der Waals surface area contributed by atoms with E-state index in [0.717, 1.165) is 26.7 Å². The van der Waals surface area contributed by atoms with Crippen LogP contribution < -0.4 is 15.4 Å². The zero-order valence-corrected chi connectivity index (χ0v) is 20.1. The fraction of sp³-hybridized carbons (Fsp3) is 0.304. The minimum Gasteiger partial charge on any atom is -0.420 e. The summed E-state index contributed by atoms with van der Waals surface area (Å²) in [6.45, 7) is 3.78. The number of methoxy groups -OCH3 is 1. The highest BCUT2D eigenvalue weighted by molar-refractivity contribution is 7.21. The first-order valence-electron chi connectivity index (χ1n) is 10.7. The number of hydrogen-bond donors (Lipinski definition) is 2. The number of hydrogen-bond acceptors (Lipinski definition) is 9. The second-order valence-corrected chi connectivity index (χ2v) is 9.22. The first-order chi connectivity index (χ1) is 16.5. The standard InChI is InChI=1S/C23H22ClN5O4S/c1-12-9-25-19-18-14-3-6-17(28-15(14)4-5-16(18)34-20(19)21(30)27-12)33-22-13(10-26-23(24)29-22)11-32-8-7-31-2/h3-6,10,12,25H,7-9,11H2,1-2H3,(H,27,30)/t12-/m0/s1. The van der Waals surface area contributed by atoms with Gasteiger partial charge in [-0.15, -0.1) is 11.3 Å². The average Bonchev–Trinajstić information content (AvgIpc) is 3.14. The van der Waals surface area contributed by atoms with Gasteiger partial charge in [-0.1, -0.05) is 0 Å². The van der Waals surface area contributed by atoms with Crippen molar-refractivity contribution in [2.75, 3.05) is 32.2 Å². The second-order valence-electron chi connectivity index (χ2n) is 7.83. The van der Waals surface area contributed by atoms with Crippen molar-refractivity contribution in [2.45, 2.75) is 19.6 Å². The lowest BCUT2D eigenvalue weighted by molar-refractivity contribution is 0.0606. The fourth-order valence-corrected chi connectivity index (χ4v) is 4.97. The molecule has 3 aromatic heterocycles. The average molecular weight is 500 g/mol. The Morgan fingerprint density at radius 1 is 1.21 bits per heavy atom. The number of thiophene rings is 1. The van der Waals surface area contributed by atoms with Crippen LogP contribution in [0.3, 0.4) is 0 Å². The van der Waals surface area contributed by atoms with Gasteiger partial charge in [-0.25, -0.2) is 9.97 Å². The van der Waals surface area contributed by atoms with Crippen molar-refractivity contribution in [3.05, 3.63) is 46.2 Å². The van der Waals surface area contributed by atoms with Crippen LogP contribution in [0.4, 0.5) is 5.69 Å². The van der Waals surface area contributed by atoms with Crippen molar-refractivity contribution in [3.8, 4) is 11.8 Å². The third-order valence-corrected chi connectivity index (χ3v) is 6.69. The van der Waals surface area contributed by atoms with Gasteiger partial charge in [-0.3, -0.25) is 4.79 Å². The van der Waals surface area contributed by atoms with Crippen LogP contribution in [-0.4, -0.2) is 53.8 Å². The molecular weight excluding hydrogens is 478 g/mol. The predicted molar refractivity (Wildman–Crippen MR) is 131 cm³/mol. The maximum absolute atomic E-state index is 12.6. The van der Waals surface area contributed by atoms with E-state index in [1.165, 1.54) is 11.3 Å².